The number of hydrogen-bond acceptors (Lipinski definition) is 4. The average Bonchev–Trinajstić information content (AvgIpc) is 2.84. The molecule has 9 heteroatoms. The van der Waals surface area contributed by atoms with E-state index in [4.69, 9.17) is 0 Å². The molecule has 1 N–H and O–H groups in total. The average molecular weight is 440 g/mol. The van der Waals surface area contributed by atoms with E-state index >= 15 is 0 Å². The van der Waals surface area contributed by atoms with Gasteiger partial charge in [0.1, 0.15) is 0 Å². The zero-order valence-electron chi connectivity index (χ0n) is 16.2. The lowest BCUT2D eigenvalue weighted by Gasteiger charge is -2.08. The van der Waals surface area contributed by atoms with Crippen molar-refractivity contribution >= 4 is 12.0 Å². The smallest absolute Gasteiger partial charge is 0.200 e. The summed E-state index contributed by atoms with van der Waals surface area (Å²) in [4.78, 5) is 8.86. The molecule has 0 saturated carbocycles. The highest BCUT2D eigenvalue weighted by atomic mass is 19.2. The lowest BCUT2D eigenvalue weighted by Crippen LogP contribution is -2.07. The highest BCUT2D eigenvalue weighted by Gasteiger charge is 2.24. The van der Waals surface area contributed by atoms with Gasteiger partial charge in [0.05, 0.1) is 17.5 Å². The van der Waals surface area contributed by atoms with E-state index in [1.165, 1.54) is 6.07 Å². The van der Waals surface area contributed by atoms with E-state index in [9.17, 15) is 22.0 Å². The molecule has 0 atom stereocenters. The first-order valence-corrected chi connectivity index (χ1v) is 9.26. The minimum Gasteiger partial charge on any atom is -0.261 e. The Morgan fingerprint density at radius 2 is 1.19 bits per heavy atom. The Balaban J connectivity index is 1.71. The van der Waals surface area contributed by atoms with Crippen molar-refractivity contribution in [2.24, 2.45) is 5.10 Å². The fourth-order valence-electron chi connectivity index (χ4n) is 2.88. The molecule has 0 unspecified atom stereocenters. The van der Waals surface area contributed by atoms with Crippen LogP contribution in [0.25, 0.3) is 22.6 Å². The molecule has 160 valence electrons. The van der Waals surface area contributed by atoms with Gasteiger partial charge in [-0.2, -0.15) is 5.10 Å². The van der Waals surface area contributed by atoms with Crippen molar-refractivity contribution in [1.29, 1.82) is 0 Å². The fraction of sp³-hybridized carbons (Fsp3) is 0. The van der Waals surface area contributed by atoms with Crippen LogP contribution in [0.1, 0.15) is 5.56 Å². The largest absolute Gasteiger partial charge is 0.261 e. The summed E-state index contributed by atoms with van der Waals surface area (Å²) in [6.45, 7) is 0. The van der Waals surface area contributed by atoms with E-state index in [0.29, 0.717) is 23.3 Å². The number of nitrogens with one attached hydrogen (secondary N) is 1. The van der Waals surface area contributed by atoms with Crippen molar-refractivity contribution in [2.45, 2.75) is 0 Å². The highest BCUT2D eigenvalue weighted by Crippen LogP contribution is 2.25. The summed E-state index contributed by atoms with van der Waals surface area (Å²) < 4.78 is 67.6. The van der Waals surface area contributed by atoms with Crippen LogP contribution in [0.15, 0.2) is 71.8 Å². The van der Waals surface area contributed by atoms with Crippen LogP contribution in [0.4, 0.5) is 27.8 Å². The normalized spacial score (nSPS) is 11.2. The number of anilines is 1. The Bertz CT molecular complexity index is 1210. The SMILES string of the molecule is Fc1c(F)c(F)c(/C=N\Nc2cc(-c3ccccc3)nc(-c3ccccc3)n2)c(F)c1F. The third kappa shape index (κ3) is 4.18. The van der Waals surface area contributed by atoms with Crippen molar-refractivity contribution in [2.75, 3.05) is 5.43 Å². The van der Waals surface area contributed by atoms with E-state index in [1.807, 2.05) is 48.5 Å². The third-order valence-electron chi connectivity index (χ3n) is 4.44. The van der Waals surface area contributed by atoms with Gasteiger partial charge in [0.15, 0.2) is 34.9 Å². The van der Waals surface area contributed by atoms with Gasteiger partial charge >= 0.3 is 0 Å². The van der Waals surface area contributed by atoms with Gasteiger partial charge in [-0.3, -0.25) is 5.43 Å². The second kappa shape index (κ2) is 8.93. The zero-order chi connectivity index (χ0) is 22.7. The molecule has 4 nitrogen and oxygen atoms in total. The predicted molar refractivity (Wildman–Crippen MR) is 110 cm³/mol. The van der Waals surface area contributed by atoms with Crippen LogP contribution in [0.5, 0.6) is 0 Å². The Kier molecular flexibility index (Phi) is 5.89. The second-order valence-electron chi connectivity index (χ2n) is 6.55. The number of hydrogen-bond donors (Lipinski definition) is 1. The topological polar surface area (TPSA) is 50.2 Å². The predicted octanol–water partition coefficient (Wildman–Crippen LogP) is 5.95. The van der Waals surface area contributed by atoms with Gasteiger partial charge < -0.3 is 0 Å². The van der Waals surface area contributed by atoms with Crippen LogP contribution in [-0.4, -0.2) is 16.2 Å². The number of benzene rings is 3. The van der Waals surface area contributed by atoms with Gasteiger partial charge in [0.2, 0.25) is 5.82 Å². The van der Waals surface area contributed by atoms with E-state index in [1.54, 1.807) is 12.1 Å². The number of hydrazone groups is 1. The van der Waals surface area contributed by atoms with Crippen LogP contribution in [0.3, 0.4) is 0 Å². The van der Waals surface area contributed by atoms with Gasteiger partial charge in [0.25, 0.3) is 0 Å². The number of aromatic nitrogens is 2. The van der Waals surface area contributed by atoms with Crippen LogP contribution >= 0.6 is 0 Å². The Labute approximate surface area is 179 Å². The van der Waals surface area contributed by atoms with Crippen molar-refractivity contribution in [1.82, 2.24) is 9.97 Å². The van der Waals surface area contributed by atoms with Crippen LogP contribution in [0.2, 0.25) is 0 Å². The van der Waals surface area contributed by atoms with Crippen LogP contribution in [0, 0.1) is 29.1 Å². The lowest BCUT2D eigenvalue weighted by atomic mass is 10.1. The number of nitrogens with zero attached hydrogens (tertiary/aromatic N) is 3. The lowest BCUT2D eigenvalue weighted by molar-refractivity contribution is 0.377. The van der Waals surface area contributed by atoms with Gasteiger partial charge in [-0.25, -0.2) is 31.9 Å². The summed E-state index contributed by atoms with van der Waals surface area (Å²) in [5.74, 6) is -9.80. The van der Waals surface area contributed by atoms with E-state index in [0.717, 1.165) is 5.56 Å². The minimum absolute atomic E-state index is 0.151. The molecule has 0 bridgehead atoms. The highest BCUT2D eigenvalue weighted by molar-refractivity contribution is 5.81. The van der Waals surface area contributed by atoms with Crippen LogP contribution < -0.4 is 5.43 Å². The van der Waals surface area contributed by atoms with E-state index in [2.05, 4.69) is 20.5 Å². The Morgan fingerprint density at radius 1 is 0.656 bits per heavy atom. The van der Waals surface area contributed by atoms with Crippen molar-refractivity contribution in [3.63, 3.8) is 0 Å². The first-order valence-electron chi connectivity index (χ1n) is 9.26. The van der Waals surface area contributed by atoms with Crippen LogP contribution in [-0.2, 0) is 0 Å². The molecule has 0 radical (unpaired) electrons. The fourth-order valence-corrected chi connectivity index (χ4v) is 2.88. The first-order chi connectivity index (χ1) is 15.5. The summed E-state index contributed by atoms with van der Waals surface area (Å²) in [6, 6.07) is 19.7. The maximum atomic E-state index is 13.8. The minimum atomic E-state index is -2.24. The van der Waals surface area contributed by atoms with Gasteiger partial charge in [-0.15, -0.1) is 0 Å². The third-order valence-corrected chi connectivity index (χ3v) is 4.44. The quantitative estimate of drug-likeness (QED) is 0.137. The number of rotatable bonds is 5. The Hall–Kier alpha value is -4.14. The molecular weight excluding hydrogens is 427 g/mol. The molecule has 1 aromatic heterocycles. The summed E-state index contributed by atoms with van der Waals surface area (Å²) in [7, 11) is 0. The molecule has 3 aromatic carbocycles. The summed E-state index contributed by atoms with van der Waals surface area (Å²) >= 11 is 0. The molecule has 32 heavy (non-hydrogen) atoms. The summed E-state index contributed by atoms with van der Waals surface area (Å²) in [5, 5.41) is 3.61. The molecule has 0 aliphatic heterocycles. The molecule has 0 aliphatic carbocycles. The molecule has 0 fully saturated rings. The monoisotopic (exact) mass is 440 g/mol. The molecule has 4 aromatic rings. The molecular formula is C23H13F5N4. The summed E-state index contributed by atoms with van der Waals surface area (Å²) in [5.41, 5.74) is 3.31. The molecule has 0 spiro atoms. The summed E-state index contributed by atoms with van der Waals surface area (Å²) in [6.07, 6.45) is 0.503. The zero-order valence-corrected chi connectivity index (χ0v) is 16.2. The van der Waals surface area contributed by atoms with Crippen molar-refractivity contribution < 1.29 is 22.0 Å². The molecule has 1 heterocycles. The molecule has 0 aliphatic rings. The maximum absolute atomic E-state index is 13.8. The molecule has 4 rings (SSSR count). The maximum Gasteiger partial charge on any atom is 0.200 e. The number of halogens is 5. The van der Waals surface area contributed by atoms with Crippen molar-refractivity contribution in [3.05, 3.63) is 101 Å². The first kappa shape index (κ1) is 21.1. The van der Waals surface area contributed by atoms with Gasteiger partial charge in [-0.05, 0) is 0 Å². The standard InChI is InChI=1S/C23H13F5N4/c24-18-15(19(25)21(27)22(28)20(18)26)12-29-32-17-11-16(13-7-3-1-4-8-13)30-23(31-17)14-9-5-2-6-10-14/h1-12H,(H,30,31,32)/b29-12-. The van der Waals surface area contributed by atoms with E-state index < -0.39 is 34.6 Å². The van der Waals surface area contributed by atoms with Gasteiger partial charge in [0, 0.05) is 17.2 Å². The Morgan fingerprint density at radius 3 is 1.78 bits per heavy atom. The van der Waals surface area contributed by atoms with Gasteiger partial charge in [-0.1, -0.05) is 60.7 Å². The second-order valence-corrected chi connectivity index (χ2v) is 6.55. The van der Waals surface area contributed by atoms with E-state index in [-0.39, 0.29) is 5.82 Å². The molecule has 0 amide bonds. The van der Waals surface area contributed by atoms with Crippen molar-refractivity contribution in [3.8, 4) is 22.6 Å². The molecule has 0 saturated heterocycles.